The van der Waals surface area contributed by atoms with E-state index >= 15 is 0 Å². The molecule has 1 aliphatic heterocycles. The van der Waals surface area contributed by atoms with E-state index in [-0.39, 0.29) is 0 Å². The van der Waals surface area contributed by atoms with Gasteiger partial charge >= 0.3 is 0 Å². The highest BCUT2D eigenvalue weighted by molar-refractivity contribution is 5.60. The minimum atomic E-state index is 0.361. The highest BCUT2D eigenvalue weighted by Crippen LogP contribution is 2.27. The predicted molar refractivity (Wildman–Crippen MR) is 54.8 cm³/mol. The normalized spacial score (nSPS) is 14.0. The molecule has 1 N–H and O–H groups in total. The van der Waals surface area contributed by atoms with Gasteiger partial charge in [-0.2, -0.15) is 0 Å². The maximum atomic E-state index is 10.2. The van der Waals surface area contributed by atoms with Crippen molar-refractivity contribution in [3.05, 3.63) is 23.8 Å². The second-order valence-electron chi connectivity index (χ2n) is 3.32. The summed E-state index contributed by atoms with van der Waals surface area (Å²) < 4.78 is 5.49. The molecule has 1 aliphatic rings. The molecule has 0 spiro atoms. The van der Waals surface area contributed by atoms with Crippen LogP contribution in [0.15, 0.2) is 18.2 Å². The Bertz CT molecular complexity index is 336. The Kier molecular flexibility index (Phi) is 2.68. The number of carbonyl (C=O) groups excluding carboxylic acids is 1. The number of benzene rings is 1. The Morgan fingerprint density at radius 3 is 3.29 bits per heavy atom. The van der Waals surface area contributed by atoms with Crippen LogP contribution in [-0.2, 0) is 11.2 Å². The molecule has 0 aromatic heterocycles. The zero-order chi connectivity index (χ0) is 9.80. The van der Waals surface area contributed by atoms with Crippen molar-refractivity contribution in [3.8, 4) is 5.75 Å². The number of hydrogen-bond donors (Lipinski definition) is 1. The van der Waals surface area contributed by atoms with Crippen molar-refractivity contribution in [2.45, 2.75) is 12.8 Å². The van der Waals surface area contributed by atoms with Crippen molar-refractivity contribution in [1.29, 1.82) is 0 Å². The van der Waals surface area contributed by atoms with Crippen molar-refractivity contribution >= 4 is 12.0 Å². The van der Waals surface area contributed by atoms with Crippen LogP contribution in [0.1, 0.15) is 12.0 Å². The molecular formula is C11H13NO2. The Morgan fingerprint density at radius 2 is 2.43 bits per heavy atom. The molecule has 0 saturated heterocycles. The summed E-state index contributed by atoms with van der Waals surface area (Å²) in [5, 5.41) is 3.02. The summed E-state index contributed by atoms with van der Waals surface area (Å²) in [5.74, 6) is 0.980. The smallest absolute Gasteiger partial charge is 0.139 e. The number of ether oxygens (including phenoxy) is 1. The van der Waals surface area contributed by atoms with Crippen LogP contribution in [0, 0.1) is 0 Å². The van der Waals surface area contributed by atoms with E-state index in [1.54, 1.807) is 0 Å². The average Bonchev–Trinajstić information content (AvgIpc) is 2.26. The van der Waals surface area contributed by atoms with Crippen LogP contribution >= 0.6 is 0 Å². The molecule has 0 aliphatic carbocycles. The van der Waals surface area contributed by atoms with E-state index in [1.165, 1.54) is 5.56 Å². The third kappa shape index (κ3) is 1.87. The number of rotatable bonds is 3. The summed E-state index contributed by atoms with van der Waals surface area (Å²) in [6.07, 6.45) is 2.99. The van der Waals surface area contributed by atoms with E-state index in [0.717, 1.165) is 37.2 Å². The molecular weight excluding hydrogens is 178 g/mol. The van der Waals surface area contributed by atoms with Crippen LogP contribution in [0.25, 0.3) is 0 Å². The van der Waals surface area contributed by atoms with Gasteiger partial charge in [-0.15, -0.1) is 0 Å². The van der Waals surface area contributed by atoms with Gasteiger partial charge < -0.3 is 14.8 Å². The summed E-state index contributed by atoms with van der Waals surface area (Å²) >= 11 is 0. The van der Waals surface area contributed by atoms with Gasteiger partial charge in [0.15, 0.2) is 0 Å². The van der Waals surface area contributed by atoms with Gasteiger partial charge in [-0.1, -0.05) is 0 Å². The van der Waals surface area contributed by atoms with Gasteiger partial charge in [0, 0.05) is 5.69 Å². The molecule has 2 rings (SSSR count). The minimum Gasteiger partial charge on any atom is -0.493 e. The van der Waals surface area contributed by atoms with Crippen molar-refractivity contribution in [2.75, 3.05) is 18.5 Å². The molecule has 1 aromatic rings. The average molecular weight is 191 g/mol. The maximum Gasteiger partial charge on any atom is 0.139 e. The monoisotopic (exact) mass is 191 g/mol. The summed E-state index contributed by atoms with van der Waals surface area (Å²) in [7, 11) is 0. The quantitative estimate of drug-likeness (QED) is 0.738. The van der Waals surface area contributed by atoms with Gasteiger partial charge in [0.05, 0.1) is 13.2 Å². The number of nitrogens with one attached hydrogen (secondary N) is 1. The fourth-order valence-corrected chi connectivity index (χ4v) is 1.63. The van der Waals surface area contributed by atoms with Crippen LogP contribution in [0.2, 0.25) is 0 Å². The Balaban J connectivity index is 2.16. The molecule has 0 atom stereocenters. The third-order valence-electron chi connectivity index (χ3n) is 2.30. The summed E-state index contributed by atoms with van der Waals surface area (Å²) in [4.78, 5) is 10.2. The van der Waals surface area contributed by atoms with Gasteiger partial charge in [0.2, 0.25) is 0 Å². The molecule has 0 radical (unpaired) electrons. The second kappa shape index (κ2) is 4.13. The number of anilines is 1. The second-order valence-corrected chi connectivity index (χ2v) is 3.32. The van der Waals surface area contributed by atoms with Crippen LogP contribution in [0.3, 0.4) is 0 Å². The largest absolute Gasteiger partial charge is 0.493 e. The molecule has 1 heterocycles. The predicted octanol–water partition coefficient (Wildman–Crippen LogP) is 1.62. The summed E-state index contributed by atoms with van der Waals surface area (Å²) in [6, 6.07) is 5.95. The molecule has 74 valence electrons. The van der Waals surface area contributed by atoms with Crippen molar-refractivity contribution < 1.29 is 9.53 Å². The van der Waals surface area contributed by atoms with Gasteiger partial charge in [-0.05, 0) is 36.6 Å². The molecule has 14 heavy (non-hydrogen) atoms. The molecule has 3 nitrogen and oxygen atoms in total. The Hall–Kier alpha value is -1.51. The SMILES string of the molecule is O=CCNc1ccc2c(c1)CCCO2. The first kappa shape index (κ1) is 9.06. The van der Waals surface area contributed by atoms with E-state index < -0.39 is 0 Å². The number of hydrogen-bond acceptors (Lipinski definition) is 3. The van der Waals surface area contributed by atoms with E-state index in [0.29, 0.717) is 6.54 Å². The first-order chi connectivity index (χ1) is 6.90. The Labute approximate surface area is 83.1 Å². The van der Waals surface area contributed by atoms with Crippen LogP contribution in [0.5, 0.6) is 5.75 Å². The van der Waals surface area contributed by atoms with E-state index in [2.05, 4.69) is 11.4 Å². The lowest BCUT2D eigenvalue weighted by molar-refractivity contribution is -0.106. The molecule has 1 aromatic carbocycles. The fraction of sp³-hybridized carbons (Fsp3) is 0.364. The van der Waals surface area contributed by atoms with Gasteiger partial charge in [-0.3, -0.25) is 0 Å². The lowest BCUT2D eigenvalue weighted by atomic mass is 10.1. The van der Waals surface area contributed by atoms with Gasteiger partial charge in [0.25, 0.3) is 0 Å². The molecule has 0 saturated carbocycles. The maximum absolute atomic E-state index is 10.2. The number of aryl methyl sites for hydroxylation is 1. The highest BCUT2D eigenvalue weighted by Gasteiger charge is 2.09. The molecule has 3 heteroatoms. The van der Waals surface area contributed by atoms with Crippen molar-refractivity contribution in [2.24, 2.45) is 0 Å². The molecule has 0 bridgehead atoms. The highest BCUT2D eigenvalue weighted by atomic mass is 16.5. The van der Waals surface area contributed by atoms with Gasteiger partial charge in [0.1, 0.15) is 12.0 Å². The van der Waals surface area contributed by atoms with Gasteiger partial charge in [-0.25, -0.2) is 0 Å². The van der Waals surface area contributed by atoms with E-state index in [1.807, 2.05) is 12.1 Å². The van der Waals surface area contributed by atoms with Crippen molar-refractivity contribution in [3.63, 3.8) is 0 Å². The third-order valence-corrected chi connectivity index (χ3v) is 2.30. The summed E-state index contributed by atoms with van der Waals surface area (Å²) in [6.45, 7) is 1.17. The zero-order valence-corrected chi connectivity index (χ0v) is 7.95. The fourth-order valence-electron chi connectivity index (χ4n) is 1.63. The molecule has 0 fully saturated rings. The molecule has 0 amide bonds. The minimum absolute atomic E-state index is 0.361. The number of aldehydes is 1. The van der Waals surface area contributed by atoms with Crippen LogP contribution in [-0.4, -0.2) is 19.4 Å². The number of fused-ring (bicyclic) bond motifs is 1. The topological polar surface area (TPSA) is 38.3 Å². The van der Waals surface area contributed by atoms with E-state index in [9.17, 15) is 4.79 Å². The van der Waals surface area contributed by atoms with E-state index in [4.69, 9.17) is 4.74 Å². The summed E-state index contributed by atoms with van der Waals surface area (Å²) in [5.41, 5.74) is 2.22. The van der Waals surface area contributed by atoms with Crippen molar-refractivity contribution in [1.82, 2.24) is 0 Å². The lowest BCUT2D eigenvalue weighted by Gasteiger charge is -2.17. The van der Waals surface area contributed by atoms with Crippen LogP contribution in [0.4, 0.5) is 5.69 Å². The van der Waals surface area contributed by atoms with Crippen LogP contribution < -0.4 is 10.1 Å². The first-order valence-electron chi connectivity index (χ1n) is 4.83. The lowest BCUT2D eigenvalue weighted by Crippen LogP contribution is -2.09. The number of carbonyl (C=O) groups is 1. The Morgan fingerprint density at radius 1 is 1.50 bits per heavy atom. The zero-order valence-electron chi connectivity index (χ0n) is 7.95. The molecule has 0 unspecified atom stereocenters. The standard InChI is InChI=1S/C11H13NO2/c13-6-5-12-10-3-4-11-9(8-10)2-1-7-14-11/h3-4,6,8,12H,1-2,5,7H2. The first-order valence-corrected chi connectivity index (χ1v) is 4.83.